The number of rotatable bonds is 6. The molecule has 0 spiro atoms. The minimum Gasteiger partial charge on any atom is -0.332 e. The minimum atomic E-state index is -0.0495. The molecule has 2 aromatic carbocycles. The van der Waals surface area contributed by atoms with Crippen LogP contribution in [0.2, 0.25) is 0 Å². The van der Waals surface area contributed by atoms with Crippen LogP contribution in [0.1, 0.15) is 25.0 Å². The molecule has 0 saturated heterocycles. The molecule has 25 heavy (non-hydrogen) atoms. The average Bonchev–Trinajstić information content (AvgIpc) is 2.64. The molecule has 4 nitrogen and oxygen atoms in total. The van der Waals surface area contributed by atoms with Gasteiger partial charge in [-0.15, -0.1) is 0 Å². The van der Waals surface area contributed by atoms with Crippen LogP contribution in [0, 0.1) is 4.77 Å². The summed E-state index contributed by atoms with van der Waals surface area (Å²) in [5, 5.41) is 0.661. The lowest BCUT2D eigenvalue weighted by molar-refractivity contribution is 0.296. The van der Waals surface area contributed by atoms with E-state index in [9.17, 15) is 4.79 Å². The quantitative estimate of drug-likeness (QED) is 0.682. The molecule has 130 valence electrons. The first-order valence-corrected chi connectivity index (χ1v) is 9.05. The number of benzene rings is 2. The molecule has 0 aliphatic rings. The summed E-state index contributed by atoms with van der Waals surface area (Å²) in [4.78, 5) is 18.2. The van der Waals surface area contributed by atoms with E-state index in [4.69, 9.17) is 12.2 Å². The smallest absolute Gasteiger partial charge is 0.262 e. The Hall–Kier alpha value is -2.24. The summed E-state index contributed by atoms with van der Waals surface area (Å²) in [5.74, 6) is 0. The van der Waals surface area contributed by atoms with Gasteiger partial charge in [0.05, 0.1) is 17.4 Å². The Kier molecular flexibility index (Phi) is 5.46. The maximum Gasteiger partial charge on any atom is 0.262 e. The minimum absolute atomic E-state index is 0.0495. The molecule has 3 aromatic rings. The Bertz CT molecular complexity index is 969. The lowest BCUT2D eigenvalue weighted by Gasteiger charge is -2.18. The van der Waals surface area contributed by atoms with Crippen LogP contribution in [0.5, 0.6) is 0 Å². The van der Waals surface area contributed by atoms with Crippen molar-refractivity contribution in [3.8, 4) is 0 Å². The van der Waals surface area contributed by atoms with E-state index in [1.807, 2.05) is 24.3 Å². The molecule has 3 rings (SSSR count). The molecule has 0 unspecified atom stereocenters. The molecular weight excluding hydrogens is 330 g/mol. The Morgan fingerprint density at radius 2 is 1.64 bits per heavy atom. The predicted molar refractivity (Wildman–Crippen MR) is 106 cm³/mol. The monoisotopic (exact) mass is 353 g/mol. The van der Waals surface area contributed by atoms with Crippen LogP contribution in [0.15, 0.2) is 53.3 Å². The fourth-order valence-corrected chi connectivity index (χ4v) is 3.24. The second-order valence-electron chi connectivity index (χ2n) is 6.14. The molecule has 0 radical (unpaired) electrons. The molecule has 0 aliphatic heterocycles. The zero-order valence-corrected chi connectivity index (χ0v) is 15.5. The molecule has 0 amide bonds. The van der Waals surface area contributed by atoms with Crippen LogP contribution in [-0.2, 0) is 13.1 Å². The van der Waals surface area contributed by atoms with E-state index in [0.29, 0.717) is 16.7 Å². The van der Waals surface area contributed by atoms with Gasteiger partial charge in [0.25, 0.3) is 5.56 Å². The predicted octanol–water partition coefficient (Wildman–Crippen LogP) is 3.95. The summed E-state index contributed by atoms with van der Waals surface area (Å²) in [6, 6.07) is 15.9. The fraction of sp³-hybridized carbons (Fsp3) is 0.300. The number of H-pyrrole nitrogens is 1. The largest absolute Gasteiger partial charge is 0.332 e. The van der Waals surface area contributed by atoms with Gasteiger partial charge in [-0.05, 0) is 48.6 Å². The number of nitrogens with one attached hydrogen (secondary N) is 1. The second-order valence-corrected chi connectivity index (χ2v) is 6.53. The van der Waals surface area contributed by atoms with E-state index < -0.39 is 0 Å². The van der Waals surface area contributed by atoms with Gasteiger partial charge >= 0.3 is 0 Å². The van der Waals surface area contributed by atoms with E-state index in [1.165, 1.54) is 5.56 Å². The van der Waals surface area contributed by atoms with Gasteiger partial charge in [-0.1, -0.05) is 50.2 Å². The highest BCUT2D eigenvalue weighted by atomic mass is 32.1. The molecule has 1 aromatic heterocycles. The van der Waals surface area contributed by atoms with E-state index in [2.05, 4.69) is 48.0 Å². The van der Waals surface area contributed by atoms with Crippen molar-refractivity contribution in [3.05, 3.63) is 74.8 Å². The van der Waals surface area contributed by atoms with E-state index >= 15 is 0 Å². The van der Waals surface area contributed by atoms with Crippen molar-refractivity contribution in [3.63, 3.8) is 0 Å². The Labute approximate surface area is 152 Å². The van der Waals surface area contributed by atoms with Crippen LogP contribution in [0.25, 0.3) is 10.9 Å². The molecular formula is C20H23N3OS. The van der Waals surface area contributed by atoms with E-state index in [0.717, 1.165) is 30.7 Å². The first-order valence-electron chi connectivity index (χ1n) is 8.64. The van der Waals surface area contributed by atoms with Crippen LogP contribution in [0.4, 0.5) is 0 Å². The van der Waals surface area contributed by atoms with Gasteiger partial charge in [0, 0.05) is 6.54 Å². The summed E-state index contributed by atoms with van der Waals surface area (Å²) in [6.45, 7) is 7.85. The maximum atomic E-state index is 12.7. The SMILES string of the molecule is CCN(CC)Cc1ccc(Cn2c(=S)[nH]c3ccccc3c2=O)cc1. The van der Waals surface area contributed by atoms with E-state index in [1.54, 1.807) is 4.57 Å². The number of fused-ring (bicyclic) bond motifs is 1. The van der Waals surface area contributed by atoms with Gasteiger partial charge in [0.15, 0.2) is 4.77 Å². The molecule has 5 heteroatoms. The molecule has 0 bridgehead atoms. The van der Waals surface area contributed by atoms with Crippen LogP contribution in [0.3, 0.4) is 0 Å². The Morgan fingerprint density at radius 3 is 2.32 bits per heavy atom. The fourth-order valence-electron chi connectivity index (χ4n) is 2.98. The third-order valence-electron chi connectivity index (χ3n) is 4.55. The third-order valence-corrected chi connectivity index (χ3v) is 4.88. The maximum absolute atomic E-state index is 12.7. The lowest BCUT2D eigenvalue weighted by atomic mass is 10.1. The molecule has 0 atom stereocenters. The molecule has 1 N–H and O–H groups in total. The highest BCUT2D eigenvalue weighted by Crippen LogP contribution is 2.10. The number of nitrogens with zero attached hydrogens (tertiary/aromatic N) is 2. The van der Waals surface area contributed by atoms with Gasteiger partial charge in [0.1, 0.15) is 0 Å². The van der Waals surface area contributed by atoms with Crippen LogP contribution >= 0.6 is 12.2 Å². The average molecular weight is 353 g/mol. The molecule has 1 heterocycles. The van der Waals surface area contributed by atoms with Gasteiger partial charge in [-0.25, -0.2) is 0 Å². The van der Waals surface area contributed by atoms with E-state index in [-0.39, 0.29) is 5.56 Å². The zero-order chi connectivity index (χ0) is 17.8. The van der Waals surface area contributed by atoms with Crippen molar-refractivity contribution in [1.82, 2.24) is 14.5 Å². The third kappa shape index (κ3) is 3.89. The number of hydrogen-bond acceptors (Lipinski definition) is 3. The summed E-state index contributed by atoms with van der Waals surface area (Å²) in [7, 11) is 0. The van der Waals surface area contributed by atoms with Crippen molar-refractivity contribution in [2.24, 2.45) is 0 Å². The van der Waals surface area contributed by atoms with Crippen LogP contribution in [-0.4, -0.2) is 27.5 Å². The van der Waals surface area contributed by atoms with Gasteiger partial charge in [-0.3, -0.25) is 14.3 Å². The zero-order valence-electron chi connectivity index (χ0n) is 14.7. The highest BCUT2D eigenvalue weighted by molar-refractivity contribution is 7.71. The summed E-state index contributed by atoms with van der Waals surface area (Å²) in [5.41, 5.74) is 3.08. The number of aromatic nitrogens is 2. The Morgan fingerprint density at radius 1 is 1.00 bits per heavy atom. The first kappa shape index (κ1) is 17.6. The standard InChI is InChI=1S/C20H23N3OS/c1-3-22(4-2)13-15-9-11-16(12-10-15)14-23-19(24)17-7-5-6-8-18(17)21-20(23)25/h5-12H,3-4,13-14H2,1-2H3,(H,21,25). The molecule has 0 aliphatic carbocycles. The Balaban J connectivity index is 1.87. The van der Waals surface area contributed by atoms with Crippen molar-refractivity contribution >= 4 is 23.1 Å². The summed E-state index contributed by atoms with van der Waals surface area (Å²) in [6.07, 6.45) is 0. The van der Waals surface area contributed by atoms with Crippen molar-refractivity contribution in [1.29, 1.82) is 0 Å². The van der Waals surface area contributed by atoms with Crippen LogP contribution < -0.4 is 5.56 Å². The normalized spacial score (nSPS) is 11.3. The topological polar surface area (TPSA) is 41.0 Å². The summed E-state index contributed by atoms with van der Waals surface area (Å²) < 4.78 is 2.08. The number of para-hydroxylation sites is 1. The molecule has 0 saturated carbocycles. The number of aromatic amines is 1. The second kappa shape index (κ2) is 7.76. The summed E-state index contributed by atoms with van der Waals surface area (Å²) >= 11 is 5.38. The lowest BCUT2D eigenvalue weighted by Crippen LogP contribution is -2.23. The number of hydrogen-bond donors (Lipinski definition) is 1. The van der Waals surface area contributed by atoms with Gasteiger partial charge < -0.3 is 4.98 Å². The first-order chi connectivity index (χ1) is 12.1. The van der Waals surface area contributed by atoms with Crippen molar-refractivity contribution < 1.29 is 0 Å². The highest BCUT2D eigenvalue weighted by Gasteiger charge is 2.06. The van der Waals surface area contributed by atoms with Crippen molar-refractivity contribution in [2.75, 3.05) is 13.1 Å². The van der Waals surface area contributed by atoms with Crippen molar-refractivity contribution in [2.45, 2.75) is 26.9 Å². The van der Waals surface area contributed by atoms with Gasteiger partial charge in [-0.2, -0.15) is 0 Å². The molecule has 0 fully saturated rings. The van der Waals surface area contributed by atoms with Gasteiger partial charge in [0.2, 0.25) is 0 Å².